The first-order valence-corrected chi connectivity index (χ1v) is 5.95. The highest BCUT2D eigenvalue weighted by Crippen LogP contribution is 2.23. The summed E-state index contributed by atoms with van der Waals surface area (Å²) in [4.78, 5) is 9.17. The molecule has 4 nitrogen and oxygen atoms in total. The van der Waals surface area contributed by atoms with Gasteiger partial charge < -0.3 is 15.5 Å². The molecule has 1 unspecified atom stereocenters. The van der Waals surface area contributed by atoms with E-state index >= 15 is 0 Å². The largest absolute Gasteiger partial charge is 0.370 e. The fourth-order valence-corrected chi connectivity index (χ4v) is 2.18. The van der Waals surface area contributed by atoms with E-state index in [0.717, 1.165) is 25.6 Å². The molecular formula is C11H22N4. The summed E-state index contributed by atoms with van der Waals surface area (Å²) >= 11 is 0. The summed E-state index contributed by atoms with van der Waals surface area (Å²) in [7, 11) is 2.17. The second-order valence-corrected chi connectivity index (χ2v) is 4.88. The van der Waals surface area contributed by atoms with E-state index in [-0.39, 0.29) is 0 Å². The Balaban J connectivity index is 1.99. The van der Waals surface area contributed by atoms with Crippen molar-refractivity contribution in [2.75, 3.05) is 26.7 Å². The van der Waals surface area contributed by atoms with Gasteiger partial charge in [-0.05, 0) is 39.8 Å². The Hall–Kier alpha value is -0.770. The van der Waals surface area contributed by atoms with Crippen LogP contribution in [-0.4, -0.2) is 54.5 Å². The molecule has 0 aromatic heterocycles. The molecule has 1 aliphatic heterocycles. The standard InChI is InChI=1S/C11H22N4/c1-9-8-14(2)6-3-7-15(9)11(12)13-10-4-5-10/h9-10H,3-8H2,1-2H3,(H2,12,13). The van der Waals surface area contributed by atoms with Crippen LogP contribution in [0.15, 0.2) is 4.99 Å². The molecule has 2 N–H and O–H groups in total. The SMILES string of the molecule is CC1CN(C)CCCN1C(N)=NC1CC1. The van der Waals surface area contributed by atoms with E-state index in [0.29, 0.717) is 12.1 Å². The van der Waals surface area contributed by atoms with Gasteiger partial charge in [-0.2, -0.15) is 0 Å². The molecule has 2 aliphatic rings. The summed E-state index contributed by atoms with van der Waals surface area (Å²) in [6, 6.07) is 1.01. The minimum Gasteiger partial charge on any atom is -0.370 e. The first kappa shape index (κ1) is 10.7. The summed E-state index contributed by atoms with van der Waals surface area (Å²) in [5.74, 6) is 0.764. The molecule has 0 aromatic carbocycles. The highest BCUT2D eigenvalue weighted by Gasteiger charge is 2.25. The Bertz CT molecular complexity index is 247. The molecule has 0 radical (unpaired) electrons. The van der Waals surface area contributed by atoms with Gasteiger partial charge in [0.1, 0.15) is 0 Å². The van der Waals surface area contributed by atoms with Crippen LogP contribution in [-0.2, 0) is 0 Å². The summed E-state index contributed by atoms with van der Waals surface area (Å²) in [6.07, 6.45) is 3.63. The number of hydrogen-bond donors (Lipinski definition) is 1. The van der Waals surface area contributed by atoms with Gasteiger partial charge in [-0.15, -0.1) is 0 Å². The summed E-state index contributed by atoms with van der Waals surface area (Å²) in [5, 5.41) is 0. The molecule has 1 saturated carbocycles. The van der Waals surface area contributed by atoms with Gasteiger partial charge in [0, 0.05) is 19.1 Å². The zero-order valence-electron chi connectivity index (χ0n) is 9.82. The first-order chi connectivity index (χ1) is 7.16. The average molecular weight is 210 g/mol. The Morgan fingerprint density at radius 2 is 2.07 bits per heavy atom. The lowest BCUT2D eigenvalue weighted by molar-refractivity contribution is 0.283. The number of nitrogens with zero attached hydrogens (tertiary/aromatic N) is 3. The molecule has 2 fully saturated rings. The van der Waals surface area contributed by atoms with E-state index < -0.39 is 0 Å². The second kappa shape index (κ2) is 4.39. The molecule has 86 valence electrons. The lowest BCUT2D eigenvalue weighted by Crippen LogP contribution is -2.46. The van der Waals surface area contributed by atoms with Crippen molar-refractivity contribution >= 4 is 5.96 Å². The van der Waals surface area contributed by atoms with Gasteiger partial charge in [0.2, 0.25) is 0 Å². The predicted molar refractivity (Wildman–Crippen MR) is 62.9 cm³/mol. The minimum absolute atomic E-state index is 0.486. The maximum absolute atomic E-state index is 6.05. The maximum Gasteiger partial charge on any atom is 0.191 e. The number of rotatable bonds is 1. The van der Waals surface area contributed by atoms with Crippen LogP contribution in [0.2, 0.25) is 0 Å². The molecule has 1 heterocycles. The van der Waals surface area contributed by atoms with Crippen molar-refractivity contribution < 1.29 is 0 Å². The number of hydrogen-bond acceptors (Lipinski definition) is 2. The van der Waals surface area contributed by atoms with E-state index in [1.807, 2.05) is 0 Å². The Labute approximate surface area is 92.1 Å². The van der Waals surface area contributed by atoms with Crippen molar-refractivity contribution in [1.82, 2.24) is 9.80 Å². The molecule has 1 aliphatic carbocycles. The van der Waals surface area contributed by atoms with Crippen molar-refractivity contribution in [1.29, 1.82) is 0 Å². The Morgan fingerprint density at radius 1 is 1.33 bits per heavy atom. The third kappa shape index (κ3) is 2.84. The van der Waals surface area contributed by atoms with Crippen LogP contribution in [0.3, 0.4) is 0 Å². The van der Waals surface area contributed by atoms with Crippen LogP contribution >= 0.6 is 0 Å². The highest BCUT2D eigenvalue weighted by molar-refractivity contribution is 5.78. The van der Waals surface area contributed by atoms with Crippen LogP contribution < -0.4 is 5.73 Å². The fraction of sp³-hybridized carbons (Fsp3) is 0.909. The third-order valence-electron chi connectivity index (χ3n) is 3.20. The molecule has 1 saturated heterocycles. The summed E-state index contributed by atoms with van der Waals surface area (Å²) in [5.41, 5.74) is 6.05. The van der Waals surface area contributed by atoms with Crippen molar-refractivity contribution in [3.63, 3.8) is 0 Å². The van der Waals surface area contributed by atoms with Gasteiger partial charge >= 0.3 is 0 Å². The highest BCUT2D eigenvalue weighted by atomic mass is 15.3. The quantitative estimate of drug-likeness (QED) is 0.506. The van der Waals surface area contributed by atoms with Crippen LogP contribution in [0.5, 0.6) is 0 Å². The summed E-state index contributed by atoms with van der Waals surface area (Å²) in [6.45, 7) is 5.53. The normalized spacial score (nSPS) is 30.4. The smallest absolute Gasteiger partial charge is 0.191 e. The zero-order chi connectivity index (χ0) is 10.8. The van der Waals surface area contributed by atoms with Crippen molar-refractivity contribution in [2.45, 2.75) is 38.3 Å². The molecule has 15 heavy (non-hydrogen) atoms. The van der Waals surface area contributed by atoms with Crippen LogP contribution in [0.4, 0.5) is 0 Å². The number of guanidine groups is 1. The number of nitrogens with two attached hydrogens (primary N) is 1. The van der Waals surface area contributed by atoms with E-state index in [1.54, 1.807) is 0 Å². The lowest BCUT2D eigenvalue weighted by atomic mass is 10.3. The lowest BCUT2D eigenvalue weighted by Gasteiger charge is -2.28. The van der Waals surface area contributed by atoms with Gasteiger partial charge in [-0.1, -0.05) is 0 Å². The van der Waals surface area contributed by atoms with Crippen LogP contribution in [0, 0.1) is 0 Å². The molecule has 0 aromatic rings. The first-order valence-electron chi connectivity index (χ1n) is 5.95. The minimum atomic E-state index is 0.486. The fourth-order valence-electron chi connectivity index (χ4n) is 2.18. The van der Waals surface area contributed by atoms with E-state index in [4.69, 9.17) is 5.73 Å². The van der Waals surface area contributed by atoms with Crippen molar-refractivity contribution in [3.05, 3.63) is 0 Å². The van der Waals surface area contributed by atoms with Crippen molar-refractivity contribution in [3.8, 4) is 0 Å². The molecule has 0 amide bonds. The maximum atomic E-state index is 6.05. The number of likely N-dealkylation sites (N-methyl/N-ethyl adjacent to an activating group) is 1. The van der Waals surface area contributed by atoms with Gasteiger partial charge in [0.05, 0.1) is 6.04 Å². The van der Waals surface area contributed by atoms with Gasteiger partial charge in [0.25, 0.3) is 0 Å². The molecule has 0 spiro atoms. The van der Waals surface area contributed by atoms with Crippen molar-refractivity contribution in [2.24, 2.45) is 10.7 Å². The second-order valence-electron chi connectivity index (χ2n) is 4.88. The van der Waals surface area contributed by atoms with Crippen LogP contribution in [0.25, 0.3) is 0 Å². The molecule has 2 rings (SSSR count). The van der Waals surface area contributed by atoms with E-state index in [1.165, 1.54) is 19.3 Å². The topological polar surface area (TPSA) is 44.9 Å². The van der Waals surface area contributed by atoms with Gasteiger partial charge in [-0.25, -0.2) is 4.99 Å². The van der Waals surface area contributed by atoms with Gasteiger partial charge in [-0.3, -0.25) is 0 Å². The zero-order valence-corrected chi connectivity index (χ0v) is 9.82. The summed E-state index contributed by atoms with van der Waals surface area (Å²) < 4.78 is 0. The average Bonchev–Trinajstić information content (AvgIpc) is 2.94. The monoisotopic (exact) mass is 210 g/mol. The molecule has 0 bridgehead atoms. The predicted octanol–water partition coefficient (Wildman–Crippen LogP) is 0.490. The number of aliphatic imine (C=N–C) groups is 1. The van der Waals surface area contributed by atoms with Crippen LogP contribution in [0.1, 0.15) is 26.2 Å². The molecule has 1 atom stereocenters. The van der Waals surface area contributed by atoms with Gasteiger partial charge in [0.15, 0.2) is 5.96 Å². The third-order valence-corrected chi connectivity index (χ3v) is 3.20. The van der Waals surface area contributed by atoms with E-state index in [2.05, 4.69) is 28.8 Å². The van der Waals surface area contributed by atoms with E-state index in [9.17, 15) is 0 Å². The Kier molecular flexibility index (Phi) is 3.14. The Morgan fingerprint density at radius 3 is 2.73 bits per heavy atom. The molecular weight excluding hydrogens is 188 g/mol. The molecule has 4 heteroatoms.